The van der Waals surface area contributed by atoms with E-state index in [-0.39, 0.29) is 5.78 Å². The van der Waals surface area contributed by atoms with Gasteiger partial charge in [-0.15, -0.1) is 0 Å². The number of nitrogens with zero attached hydrogens (tertiary/aromatic N) is 1. The second kappa shape index (κ2) is 6.35. The normalized spacial score (nSPS) is 12.0. The molecule has 0 aromatic rings. The number of aldehydes is 1. The molecule has 0 spiro atoms. The monoisotopic (exact) mass is 197 g/mol. The minimum atomic E-state index is -0.0480. The first-order valence-corrected chi connectivity index (χ1v) is 4.92. The van der Waals surface area contributed by atoms with Gasteiger partial charge in [0, 0.05) is 26.1 Å². The molecule has 0 radical (unpaired) electrons. The number of unbranched alkanes of at least 4 members (excludes halogenated alkanes) is 1. The van der Waals surface area contributed by atoms with Crippen molar-refractivity contribution in [3.05, 3.63) is 11.3 Å². The predicted octanol–water partition coefficient (Wildman–Crippen LogP) is 1.78. The second-order valence-electron chi connectivity index (χ2n) is 3.48. The molecule has 3 nitrogen and oxygen atoms in total. The van der Waals surface area contributed by atoms with E-state index in [0.717, 1.165) is 25.7 Å². The van der Waals surface area contributed by atoms with Crippen molar-refractivity contribution in [1.29, 1.82) is 0 Å². The Morgan fingerprint density at radius 3 is 2.29 bits per heavy atom. The first-order valence-electron chi connectivity index (χ1n) is 4.92. The Bertz CT molecular complexity index is 244. The molecule has 3 heteroatoms. The maximum Gasteiger partial charge on any atom is 0.176 e. The van der Waals surface area contributed by atoms with Gasteiger partial charge in [-0.05, 0) is 13.3 Å². The standard InChI is InChI=1S/C11H19NO2/c1-5-6-7-12(4)11(10(3)14)9(2)8-13/h8H,5-7H2,1-4H3. The molecule has 14 heavy (non-hydrogen) atoms. The molecule has 0 unspecified atom stereocenters. The number of likely N-dealkylation sites (N-methyl/N-ethyl adjacent to an activating group) is 1. The maximum atomic E-state index is 11.3. The van der Waals surface area contributed by atoms with Crippen molar-refractivity contribution in [3.63, 3.8) is 0 Å². The highest BCUT2D eigenvalue weighted by atomic mass is 16.1. The molecule has 0 bridgehead atoms. The summed E-state index contributed by atoms with van der Waals surface area (Å²) >= 11 is 0. The molecule has 0 heterocycles. The van der Waals surface area contributed by atoms with Gasteiger partial charge in [0.05, 0.1) is 5.70 Å². The van der Waals surface area contributed by atoms with Crippen LogP contribution in [-0.2, 0) is 9.59 Å². The predicted molar refractivity (Wildman–Crippen MR) is 57.0 cm³/mol. The van der Waals surface area contributed by atoms with E-state index in [1.807, 2.05) is 11.9 Å². The molecule has 0 aliphatic rings. The van der Waals surface area contributed by atoms with Gasteiger partial charge in [0.25, 0.3) is 0 Å². The average Bonchev–Trinajstić information content (AvgIpc) is 2.14. The van der Waals surface area contributed by atoms with Crippen molar-refractivity contribution in [1.82, 2.24) is 4.90 Å². The lowest BCUT2D eigenvalue weighted by Gasteiger charge is -2.21. The molecule has 0 N–H and O–H groups in total. The van der Waals surface area contributed by atoms with Gasteiger partial charge in [-0.1, -0.05) is 13.3 Å². The Kier molecular flexibility index (Phi) is 5.84. The van der Waals surface area contributed by atoms with Crippen molar-refractivity contribution in [2.75, 3.05) is 13.6 Å². The number of hydrogen-bond donors (Lipinski definition) is 0. The van der Waals surface area contributed by atoms with Crippen molar-refractivity contribution in [2.45, 2.75) is 33.6 Å². The van der Waals surface area contributed by atoms with Gasteiger partial charge in [0.15, 0.2) is 5.78 Å². The van der Waals surface area contributed by atoms with Crippen LogP contribution in [0.2, 0.25) is 0 Å². The zero-order chi connectivity index (χ0) is 11.1. The summed E-state index contributed by atoms with van der Waals surface area (Å²) in [5.74, 6) is -0.0480. The lowest BCUT2D eigenvalue weighted by Crippen LogP contribution is -2.25. The first kappa shape index (κ1) is 12.9. The van der Waals surface area contributed by atoms with Gasteiger partial charge < -0.3 is 4.90 Å². The van der Waals surface area contributed by atoms with Gasteiger partial charge in [-0.3, -0.25) is 9.59 Å². The number of hydrogen-bond acceptors (Lipinski definition) is 3. The largest absolute Gasteiger partial charge is 0.371 e. The molecule has 0 atom stereocenters. The molecular weight excluding hydrogens is 178 g/mol. The third-order valence-corrected chi connectivity index (χ3v) is 2.11. The molecule has 0 aliphatic carbocycles. The van der Waals surface area contributed by atoms with Crippen LogP contribution in [0.25, 0.3) is 0 Å². The van der Waals surface area contributed by atoms with Crippen LogP contribution in [0.4, 0.5) is 0 Å². The van der Waals surface area contributed by atoms with Crippen LogP contribution < -0.4 is 0 Å². The van der Waals surface area contributed by atoms with E-state index in [1.165, 1.54) is 6.92 Å². The molecule has 0 rings (SSSR count). The Labute approximate surface area is 85.8 Å². The van der Waals surface area contributed by atoms with Gasteiger partial charge in [-0.2, -0.15) is 0 Å². The summed E-state index contributed by atoms with van der Waals surface area (Å²) in [5.41, 5.74) is 1.05. The van der Waals surface area contributed by atoms with E-state index in [0.29, 0.717) is 11.3 Å². The molecule has 0 amide bonds. The zero-order valence-electron chi connectivity index (χ0n) is 9.46. The molecule has 0 saturated heterocycles. The van der Waals surface area contributed by atoms with E-state index in [1.54, 1.807) is 6.92 Å². The van der Waals surface area contributed by atoms with E-state index >= 15 is 0 Å². The van der Waals surface area contributed by atoms with Crippen LogP contribution in [-0.4, -0.2) is 30.6 Å². The molecule has 80 valence electrons. The van der Waals surface area contributed by atoms with Crippen LogP contribution in [0.15, 0.2) is 11.3 Å². The minimum Gasteiger partial charge on any atom is -0.371 e. The topological polar surface area (TPSA) is 37.4 Å². The molecular formula is C11H19NO2. The van der Waals surface area contributed by atoms with Gasteiger partial charge >= 0.3 is 0 Å². The van der Waals surface area contributed by atoms with Crippen molar-refractivity contribution >= 4 is 12.1 Å². The third kappa shape index (κ3) is 3.73. The number of carbonyl (C=O) groups excluding carboxylic acids is 2. The summed E-state index contributed by atoms with van der Waals surface area (Å²) in [4.78, 5) is 23.7. The Morgan fingerprint density at radius 2 is 1.93 bits per heavy atom. The SMILES string of the molecule is CCCCN(C)C(C(C)=O)=C(C)C=O. The Morgan fingerprint density at radius 1 is 1.36 bits per heavy atom. The van der Waals surface area contributed by atoms with E-state index in [4.69, 9.17) is 0 Å². The molecule has 0 saturated carbocycles. The fourth-order valence-corrected chi connectivity index (χ4v) is 1.41. The lowest BCUT2D eigenvalue weighted by molar-refractivity contribution is -0.115. The highest BCUT2D eigenvalue weighted by Gasteiger charge is 2.12. The first-order chi connectivity index (χ1) is 6.54. The van der Waals surface area contributed by atoms with Crippen molar-refractivity contribution in [3.8, 4) is 0 Å². The number of ketones is 1. The third-order valence-electron chi connectivity index (χ3n) is 2.11. The Hall–Kier alpha value is -1.12. The summed E-state index contributed by atoms with van der Waals surface area (Å²) in [6, 6.07) is 0. The van der Waals surface area contributed by atoms with Crippen LogP contribution in [0.5, 0.6) is 0 Å². The van der Waals surface area contributed by atoms with Crippen molar-refractivity contribution in [2.24, 2.45) is 0 Å². The van der Waals surface area contributed by atoms with Crippen LogP contribution >= 0.6 is 0 Å². The lowest BCUT2D eigenvalue weighted by atomic mass is 10.1. The van der Waals surface area contributed by atoms with E-state index in [2.05, 4.69) is 6.92 Å². The number of rotatable bonds is 6. The quantitative estimate of drug-likeness (QED) is 0.481. The van der Waals surface area contributed by atoms with E-state index < -0.39 is 0 Å². The van der Waals surface area contributed by atoms with Gasteiger partial charge in [-0.25, -0.2) is 0 Å². The average molecular weight is 197 g/mol. The van der Waals surface area contributed by atoms with Crippen LogP contribution in [0, 0.1) is 0 Å². The van der Waals surface area contributed by atoms with Crippen LogP contribution in [0.3, 0.4) is 0 Å². The summed E-state index contributed by atoms with van der Waals surface area (Å²) in [5, 5.41) is 0. The molecule has 0 fully saturated rings. The fourth-order valence-electron chi connectivity index (χ4n) is 1.41. The van der Waals surface area contributed by atoms with Crippen LogP contribution in [0.1, 0.15) is 33.6 Å². The smallest absolute Gasteiger partial charge is 0.176 e. The highest BCUT2D eigenvalue weighted by Crippen LogP contribution is 2.09. The summed E-state index contributed by atoms with van der Waals surface area (Å²) in [7, 11) is 1.85. The summed E-state index contributed by atoms with van der Waals surface area (Å²) in [6.07, 6.45) is 2.84. The van der Waals surface area contributed by atoms with Gasteiger partial charge in [0.1, 0.15) is 6.29 Å². The molecule has 0 aromatic carbocycles. The van der Waals surface area contributed by atoms with E-state index in [9.17, 15) is 9.59 Å². The number of carbonyl (C=O) groups is 2. The number of allylic oxidation sites excluding steroid dienone is 2. The zero-order valence-corrected chi connectivity index (χ0v) is 9.46. The summed E-state index contributed by atoms with van der Waals surface area (Å²) < 4.78 is 0. The fraction of sp³-hybridized carbons (Fsp3) is 0.636. The highest BCUT2D eigenvalue weighted by molar-refractivity contribution is 5.97. The minimum absolute atomic E-state index is 0.0480. The summed E-state index contributed by atoms with van der Waals surface area (Å²) in [6.45, 7) is 6.07. The second-order valence-corrected chi connectivity index (χ2v) is 3.48. The Balaban J connectivity index is 4.67. The maximum absolute atomic E-state index is 11.3. The van der Waals surface area contributed by atoms with Crippen molar-refractivity contribution < 1.29 is 9.59 Å². The molecule has 0 aromatic heterocycles. The molecule has 0 aliphatic heterocycles. The number of Topliss-reactive ketones (excluding diaryl/α,β-unsaturated/α-hetero) is 1. The van der Waals surface area contributed by atoms with Gasteiger partial charge in [0.2, 0.25) is 0 Å².